The number of hydrogen-bond donors (Lipinski definition) is 2. The monoisotopic (exact) mass is 392 g/mol. The average molecular weight is 392 g/mol. The SMILES string of the molecule is CC[C@H](C)NC(=O)COc1ccc(S(=O)(=O)Nc2ccc(OC)cc2)cc1. The van der Waals surface area contributed by atoms with Gasteiger partial charge in [-0.25, -0.2) is 8.42 Å². The molecule has 0 spiro atoms. The van der Waals surface area contributed by atoms with Gasteiger partial charge in [0.2, 0.25) is 0 Å². The van der Waals surface area contributed by atoms with Gasteiger partial charge in [-0.2, -0.15) is 0 Å². The second-order valence-electron chi connectivity index (χ2n) is 5.97. The number of nitrogens with one attached hydrogen (secondary N) is 2. The molecule has 0 radical (unpaired) electrons. The van der Waals surface area contributed by atoms with Crippen LogP contribution in [0.1, 0.15) is 20.3 Å². The van der Waals surface area contributed by atoms with E-state index in [2.05, 4.69) is 10.0 Å². The molecule has 0 bridgehead atoms. The Morgan fingerprint density at radius 2 is 1.63 bits per heavy atom. The number of methoxy groups -OCH3 is 1. The summed E-state index contributed by atoms with van der Waals surface area (Å²) in [6.45, 7) is 3.76. The van der Waals surface area contributed by atoms with E-state index in [0.29, 0.717) is 17.2 Å². The minimum atomic E-state index is -3.73. The smallest absolute Gasteiger partial charge is 0.261 e. The molecule has 0 aromatic heterocycles. The molecule has 1 atom stereocenters. The predicted molar refractivity (Wildman–Crippen MR) is 104 cm³/mol. The molecule has 27 heavy (non-hydrogen) atoms. The maximum atomic E-state index is 12.4. The van der Waals surface area contributed by atoms with Crippen molar-refractivity contribution < 1.29 is 22.7 Å². The van der Waals surface area contributed by atoms with E-state index in [1.165, 1.54) is 31.4 Å². The summed E-state index contributed by atoms with van der Waals surface area (Å²) in [7, 11) is -2.19. The molecule has 0 aliphatic heterocycles. The van der Waals surface area contributed by atoms with Crippen molar-refractivity contribution in [1.82, 2.24) is 5.32 Å². The zero-order valence-electron chi connectivity index (χ0n) is 15.6. The number of benzene rings is 2. The van der Waals surface area contributed by atoms with Crippen LogP contribution < -0.4 is 19.5 Å². The van der Waals surface area contributed by atoms with E-state index in [-0.39, 0.29) is 23.5 Å². The molecule has 0 unspecified atom stereocenters. The normalized spacial score (nSPS) is 12.1. The lowest BCUT2D eigenvalue weighted by atomic mass is 10.2. The molecule has 0 saturated heterocycles. The molecular formula is C19H24N2O5S. The summed E-state index contributed by atoms with van der Waals surface area (Å²) in [5.41, 5.74) is 0.429. The first kappa shape index (κ1) is 20.6. The Bertz CT molecular complexity index is 849. The Hall–Kier alpha value is -2.74. The van der Waals surface area contributed by atoms with Crippen LogP contribution >= 0.6 is 0 Å². The van der Waals surface area contributed by atoms with Crippen LogP contribution in [0.5, 0.6) is 11.5 Å². The lowest BCUT2D eigenvalue weighted by Crippen LogP contribution is -2.35. The topological polar surface area (TPSA) is 93.7 Å². The Morgan fingerprint density at radius 1 is 1.04 bits per heavy atom. The van der Waals surface area contributed by atoms with Gasteiger partial charge in [0.1, 0.15) is 11.5 Å². The number of carbonyl (C=O) groups excluding carboxylic acids is 1. The number of anilines is 1. The summed E-state index contributed by atoms with van der Waals surface area (Å²) in [6.07, 6.45) is 0.833. The molecule has 1 amide bonds. The largest absolute Gasteiger partial charge is 0.497 e. The van der Waals surface area contributed by atoms with Gasteiger partial charge < -0.3 is 14.8 Å². The highest BCUT2D eigenvalue weighted by Gasteiger charge is 2.14. The summed E-state index contributed by atoms with van der Waals surface area (Å²) in [6, 6.07) is 12.5. The fraction of sp³-hybridized carbons (Fsp3) is 0.316. The van der Waals surface area contributed by atoms with Crippen molar-refractivity contribution in [2.75, 3.05) is 18.4 Å². The minimum Gasteiger partial charge on any atom is -0.497 e. The van der Waals surface area contributed by atoms with Gasteiger partial charge >= 0.3 is 0 Å². The minimum absolute atomic E-state index is 0.0812. The summed E-state index contributed by atoms with van der Waals surface area (Å²) in [4.78, 5) is 11.8. The van der Waals surface area contributed by atoms with Crippen LogP contribution in [0, 0.1) is 0 Å². The number of carbonyl (C=O) groups is 1. The third-order valence-corrected chi connectivity index (χ3v) is 5.26. The van der Waals surface area contributed by atoms with Gasteiger partial charge in [0, 0.05) is 11.7 Å². The van der Waals surface area contributed by atoms with Crippen LogP contribution in [0.3, 0.4) is 0 Å². The lowest BCUT2D eigenvalue weighted by Gasteiger charge is -2.12. The van der Waals surface area contributed by atoms with Gasteiger partial charge in [-0.3, -0.25) is 9.52 Å². The molecule has 7 nitrogen and oxygen atoms in total. The van der Waals surface area contributed by atoms with E-state index >= 15 is 0 Å². The molecule has 0 aliphatic rings. The van der Waals surface area contributed by atoms with Crippen LogP contribution in [-0.4, -0.2) is 34.1 Å². The standard InChI is InChI=1S/C19H24N2O5S/c1-4-14(2)20-19(22)13-26-17-9-11-18(12-10-17)27(23,24)21-15-5-7-16(25-3)8-6-15/h5-12,14,21H,4,13H2,1-3H3,(H,20,22)/t14-/m0/s1. The number of amides is 1. The maximum Gasteiger partial charge on any atom is 0.261 e. The second kappa shape index (κ2) is 9.27. The Morgan fingerprint density at radius 3 is 2.19 bits per heavy atom. The van der Waals surface area contributed by atoms with Crippen molar-refractivity contribution in [1.29, 1.82) is 0 Å². The predicted octanol–water partition coefficient (Wildman–Crippen LogP) is 2.79. The van der Waals surface area contributed by atoms with Gasteiger partial charge in [0.05, 0.1) is 12.0 Å². The highest BCUT2D eigenvalue weighted by Crippen LogP contribution is 2.21. The zero-order chi connectivity index (χ0) is 19.9. The molecule has 0 aliphatic carbocycles. The average Bonchev–Trinajstić information content (AvgIpc) is 2.67. The molecule has 0 saturated carbocycles. The third kappa shape index (κ3) is 6.18. The quantitative estimate of drug-likeness (QED) is 0.684. The van der Waals surface area contributed by atoms with Gasteiger partial charge in [-0.15, -0.1) is 0 Å². The van der Waals surface area contributed by atoms with Crippen molar-refractivity contribution in [2.45, 2.75) is 31.2 Å². The molecule has 2 N–H and O–H groups in total. The van der Waals surface area contributed by atoms with Gasteiger partial charge in [0.25, 0.3) is 15.9 Å². The first-order valence-electron chi connectivity index (χ1n) is 8.53. The number of hydrogen-bond acceptors (Lipinski definition) is 5. The molecule has 8 heteroatoms. The van der Waals surface area contributed by atoms with E-state index in [9.17, 15) is 13.2 Å². The summed E-state index contributed by atoms with van der Waals surface area (Å²) in [5, 5.41) is 2.79. The molecule has 0 heterocycles. The fourth-order valence-electron chi connectivity index (χ4n) is 2.16. The van der Waals surface area contributed by atoms with E-state index < -0.39 is 10.0 Å². The highest BCUT2D eigenvalue weighted by atomic mass is 32.2. The van der Waals surface area contributed by atoms with Crippen molar-refractivity contribution in [3.8, 4) is 11.5 Å². The van der Waals surface area contributed by atoms with Crippen LogP contribution in [0.25, 0.3) is 0 Å². The van der Waals surface area contributed by atoms with E-state index in [1.807, 2.05) is 13.8 Å². The van der Waals surface area contributed by atoms with Gasteiger partial charge in [-0.1, -0.05) is 6.92 Å². The number of rotatable bonds is 9. The fourth-order valence-corrected chi connectivity index (χ4v) is 3.21. The molecule has 0 fully saturated rings. The second-order valence-corrected chi connectivity index (χ2v) is 7.65. The van der Waals surface area contributed by atoms with E-state index in [0.717, 1.165) is 6.42 Å². The van der Waals surface area contributed by atoms with Crippen molar-refractivity contribution in [3.63, 3.8) is 0 Å². The summed E-state index contributed by atoms with van der Waals surface area (Å²) >= 11 is 0. The highest BCUT2D eigenvalue weighted by molar-refractivity contribution is 7.92. The molecular weight excluding hydrogens is 368 g/mol. The molecule has 146 valence electrons. The number of ether oxygens (including phenoxy) is 2. The first-order valence-corrected chi connectivity index (χ1v) is 10.0. The first-order chi connectivity index (χ1) is 12.8. The van der Waals surface area contributed by atoms with E-state index in [4.69, 9.17) is 9.47 Å². The Kier molecular flexibility index (Phi) is 7.06. The van der Waals surface area contributed by atoms with Crippen LogP contribution in [0.2, 0.25) is 0 Å². The van der Waals surface area contributed by atoms with Crippen molar-refractivity contribution in [3.05, 3.63) is 48.5 Å². The third-order valence-electron chi connectivity index (χ3n) is 3.87. The van der Waals surface area contributed by atoms with Crippen molar-refractivity contribution >= 4 is 21.6 Å². The van der Waals surface area contributed by atoms with Crippen molar-refractivity contribution in [2.24, 2.45) is 0 Å². The van der Waals surface area contributed by atoms with Gasteiger partial charge in [0.15, 0.2) is 6.61 Å². The van der Waals surface area contributed by atoms with Crippen LogP contribution in [0.15, 0.2) is 53.4 Å². The van der Waals surface area contributed by atoms with Crippen LogP contribution in [0.4, 0.5) is 5.69 Å². The molecule has 2 aromatic carbocycles. The Labute approximate surface area is 159 Å². The zero-order valence-corrected chi connectivity index (χ0v) is 16.4. The van der Waals surface area contributed by atoms with E-state index in [1.54, 1.807) is 24.3 Å². The van der Waals surface area contributed by atoms with Gasteiger partial charge in [-0.05, 0) is 61.9 Å². The summed E-state index contributed by atoms with van der Waals surface area (Å²) in [5.74, 6) is 0.830. The molecule has 2 aromatic rings. The maximum absolute atomic E-state index is 12.4. The molecule has 2 rings (SSSR count). The lowest BCUT2D eigenvalue weighted by molar-refractivity contribution is -0.123. The number of sulfonamides is 1. The van der Waals surface area contributed by atoms with Crippen LogP contribution in [-0.2, 0) is 14.8 Å². The summed E-state index contributed by atoms with van der Waals surface area (Å²) < 4.78 is 37.8. The Balaban J connectivity index is 1.97.